The highest BCUT2D eigenvalue weighted by Gasteiger charge is 2.21. The molecule has 0 saturated carbocycles. The van der Waals surface area contributed by atoms with E-state index in [0.717, 1.165) is 15.8 Å². The smallest absolute Gasteiger partial charge is 0.270 e. The number of aryl methyl sites for hydroxylation is 1. The van der Waals surface area contributed by atoms with Crippen molar-refractivity contribution in [3.8, 4) is 5.75 Å². The number of ether oxygens (including phenoxy) is 1. The number of nitrogens with zero attached hydrogens (tertiary/aromatic N) is 4. The average Bonchev–Trinajstić information content (AvgIpc) is 3.28. The van der Waals surface area contributed by atoms with Crippen molar-refractivity contribution in [3.63, 3.8) is 0 Å². The maximum absolute atomic E-state index is 13.3. The molecular formula is C24H20N4O4S. The van der Waals surface area contributed by atoms with Gasteiger partial charge < -0.3 is 4.74 Å². The second-order valence-electron chi connectivity index (χ2n) is 7.22. The molecule has 9 heteroatoms. The Labute approximate surface area is 193 Å². The number of amides is 1. The molecule has 33 heavy (non-hydrogen) atoms. The second-order valence-corrected chi connectivity index (χ2v) is 8.20. The highest BCUT2D eigenvalue weighted by atomic mass is 32.1. The number of hydrogen-bond acceptors (Lipinski definition) is 7. The molecule has 0 unspecified atom stereocenters. The average molecular weight is 461 g/mol. The fourth-order valence-electron chi connectivity index (χ4n) is 3.29. The van der Waals surface area contributed by atoms with Crippen LogP contribution >= 0.6 is 11.3 Å². The van der Waals surface area contributed by atoms with Crippen LogP contribution < -0.4 is 9.64 Å². The highest BCUT2D eigenvalue weighted by Crippen LogP contribution is 2.37. The Morgan fingerprint density at radius 1 is 1.21 bits per heavy atom. The summed E-state index contributed by atoms with van der Waals surface area (Å²) in [6, 6.07) is 13.6. The quantitative estimate of drug-likeness (QED) is 0.215. The number of aromatic nitrogens is 2. The summed E-state index contributed by atoms with van der Waals surface area (Å²) in [5.41, 5.74) is 3.16. The third-order valence-corrected chi connectivity index (χ3v) is 6.21. The lowest BCUT2D eigenvalue weighted by Crippen LogP contribution is -2.28. The van der Waals surface area contributed by atoms with E-state index in [9.17, 15) is 14.9 Å². The van der Waals surface area contributed by atoms with Crippen LogP contribution in [-0.4, -0.2) is 27.9 Å². The molecule has 0 aliphatic rings. The Kier molecular flexibility index (Phi) is 6.41. The molecule has 0 N–H and O–H groups in total. The zero-order valence-electron chi connectivity index (χ0n) is 18.0. The van der Waals surface area contributed by atoms with Gasteiger partial charge in [0.1, 0.15) is 11.3 Å². The summed E-state index contributed by atoms with van der Waals surface area (Å²) in [5, 5.41) is 11.6. The number of pyridine rings is 1. The minimum Gasteiger partial charge on any atom is -0.494 e. The van der Waals surface area contributed by atoms with E-state index in [-0.39, 0.29) is 11.6 Å². The Morgan fingerprint density at radius 2 is 2.00 bits per heavy atom. The second kappa shape index (κ2) is 9.58. The molecule has 4 aromatic rings. The molecule has 0 bridgehead atoms. The minimum atomic E-state index is -0.467. The molecule has 1 amide bonds. The number of anilines is 1. The maximum atomic E-state index is 13.3. The van der Waals surface area contributed by atoms with Crippen molar-refractivity contribution in [2.45, 2.75) is 13.5 Å². The zero-order chi connectivity index (χ0) is 23.4. The van der Waals surface area contributed by atoms with Gasteiger partial charge in [-0.2, -0.15) is 0 Å². The van der Waals surface area contributed by atoms with E-state index in [0.29, 0.717) is 28.5 Å². The normalized spacial score (nSPS) is 11.1. The molecule has 2 heterocycles. The number of rotatable bonds is 7. The predicted octanol–water partition coefficient (Wildman–Crippen LogP) is 5.16. The van der Waals surface area contributed by atoms with Crippen molar-refractivity contribution >= 4 is 44.4 Å². The number of nitro benzene ring substituents is 1. The number of carbonyl (C=O) groups excluding carboxylic acids is 1. The van der Waals surface area contributed by atoms with Crippen molar-refractivity contribution in [2.75, 3.05) is 12.0 Å². The van der Waals surface area contributed by atoms with Crippen LogP contribution in [0.3, 0.4) is 0 Å². The molecule has 4 rings (SSSR count). The number of nitro groups is 1. The van der Waals surface area contributed by atoms with Gasteiger partial charge in [0.05, 0.1) is 23.3 Å². The van der Waals surface area contributed by atoms with Crippen molar-refractivity contribution < 1.29 is 14.5 Å². The number of benzene rings is 2. The predicted molar refractivity (Wildman–Crippen MR) is 128 cm³/mol. The largest absolute Gasteiger partial charge is 0.494 e. The molecular weight excluding hydrogens is 440 g/mol. The van der Waals surface area contributed by atoms with E-state index in [1.54, 1.807) is 42.6 Å². The van der Waals surface area contributed by atoms with Crippen LogP contribution in [0.25, 0.3) is 16.3 Å². The molecule has 0 spiro atoms. The van der Waals surface area contributed by atoms with E-state index in [2.05, 4.69) is 4.98 Å². The first-order valence-electron chi connectivity index (χ1n) is 10.0. The van der Waals surface area contributed by atoms with E-state index >= 15 is 0 Å². The minimum absolute atomic E-state index is 0.0352. The molecule has 0 fully saturated rings. The Bertz CT molecular complexity index is 1350. The molecule has 166 valence electrons. The summed E-state index contributed by atoms with van der Waals surface area (Å²) in [4.78, 5) is 34.2. The fourth-order valence-corrected chi connectivity index (χ4v) is 4.34. The Morgan fingerprint density at radius 3 is 2.73 bits per heavy atom. The standard InChI is InChI=1S/C24H20N4O4S/c1-16-6-8-20(32-2)22-23(16)33-24(26-22)27(15-18-10-12-25-13-11-18)21(29)9-7-17-4-3-5-19(14-17)28(30)31/h3-14H,15H2,1-2H3/b9-7+. The first-order valence-corrected chi connectivity index (χ1v) is 10.8. The molecule has 0 saturated heterocycles. The van der Waals surface area contributed by atoms with E-state index in [1.807, 2.05) is 31.2 Å². The fraction of sp³-hybridized carbons (Fsp3) is 0.125. The van der Waals surface area contributed by atoms with Crippen molar-refractivity contribution in [1.82, 2.24) is 9.97 Å². The van der Waals surface area contributed by atoms with Gasteiger partial charge in [-0.25, -0.2) is 4.98 Å². The van der Waals surface area contributed by atoms with Crippen LogP contribution in [0.2, 0.25) is 0 Å². The van der Waals surface area contributed by atoms with Crippen LogP contribution in [0, 0.1) is 17.0 Å². The van der Waals surface area contributed by atoms with Gasteiger partial charge in [-0.3, -0.25) is 24.8 Å². The van der Waals surface area contributed by atoms with Crippen LogP contribution in [0.1, 0.15) is 16.7 Å². The van der Waals surface area contributed by atoms with Crippen LogP contribution in [0.4, 0.5) is 10.8 Å². The molecule has 2 aromatic heterocycles. The third-order valence-electron chi connectivity index (χ3n) is 5.00. The topological polar surface area (TPSA) is 98.5 Å². The highest BCUT2D eigenvalue weighted by molar-refractivity contribution is 7.22. The van der Waals surface area contributed by atoms with Crippen LogP contribution in [0.15, 0.2) is 67.0 Å². The summed E-state index contributed by atoms with van der Waals surface area (Å²) < 4.78 is 6.40. The molecule has 2 aromatic carbocycles. The number of methoxy groups -OCH3 is 1. The van der Waals surface area contributed by atoms with Crippen LogP contribution in [-0.2, 0) is 11.3 Å². The lowest BCUT2D eigenvalue weighted by molar-refractivity contribution is -0.384. The van der Waals surface area contributed by atoms with E-state index in [4.69, 9.17) is 9.72 Å². The number of non-ortho nitro benzene ring substituents is 1. The summed E-state index contributed by atoms with van der Waals surface area (Å²) >= 11 is 1.41. The Hall–Kier alpha value is -4.11. The summed E-state index contributed by atoms with van der Waals surface area (Å²) in [7, 11) is 1.59. The molecule has 8 nitrogen and oxygen atoms in total. The number of carbonyl (C=O) groups is 1. The third kappa shape index (κ3) is 4.88. The van der Waals surface area contributed by atoms with Gasteiger partial charge >= 0.3 is 0 Å². The Balaban J connectivity index is 1.72. The van der Waals surface area contributed by atoms with E-state index in [1.165, 1.54) is 29.5 Å². The molecule has 0 atom stereocenters. The van der Waals surface area contributed by atoms with Crippen molar-refractivity contribution in [3.05, 3.63) is 93.8 Å². The van der Waals surface area contributed by atoms with Gasteiger partial charge in [0.2, 0.25) is 0 Å². The zero-order valence-corrected chi connectivity index (χ0v) is 18.8. The molecule has 0 radical (unpaired) electrons. The van der Waals surface area contributed by atoms with Crippen molar-refractivity contribution in [1.29, 1.82) is 0 Å². The molecule has 0 aliphatic heterocycles. The summed E-state index contributed by atoms with van der Waals surface area (Å²) in [6.07, 6.45) is 6.30. The number of hydrogen-bond donors (Lipinski definition) is 0. The SMILES string of the molecule is COc1ccc(C)c2sc(N(Cc3ccncc3)C(=O)/C=C/c3cccc([N+](=O)[O-])c3)nc12. The molecule has 0 aliphatic carbocycles. The monoisotopic (exact) mass is 460 g/mol. The first kappa shape index (κ1) is 22.1. The van der Waals surface area contributed by atoms with Gasteiger partial charge in [0.25, 0.3) is 11.6 Å². The summed E-state index contributed by atoms with van der Waals surface area (Å²) in [6.45, 7) is 2.28. The van der Waals surface area contributed by atoms with Crippen LogP contribution in [0.5, 0.6) is 5.75 Å². The van der Waals surface area contributed by atoms with Gasteiger partial charge in [0.15, 0.2) is 5.13 Å². The number of thiazole rings is 1. The van der Waals surface area contributed by atoms with Gasteiger partial charge in [-0.1, -0.05) is 29.5 Å². The first-order chi connectivity index (χ1) is 16.0. The van der Waals surface area contributed by atoms with Gasteiger partial charge in [0, 0.05) is 30.6 Å². The van der Waals surface area contributed by atoms with Gasteiger partial charge in [-0.15, -0.1) is 0 Å². The van der Waals surface area contributed by atoms with Gasteiger partial charge in [-0.05, 0) is 47.9 Å². The number of fused-ring (bicyclic) bond motifs is 1. The lowest BCUT2D eigenvalue weighted by Gasteiger charge is -2.18. The van der Waals surface area contributed by atoms with Crippen molar-refractivity contribution in [2.24, 2.45) is 0 Å². The maximum Gasteiger partial charge on any atom is 0.270 e. The summed E-state index contributed by atoms with van der Waals surface area (Å²) in [5.74, 6) is 0.343. The van der Waals surface area contributed by atoms with E-state index < -0.39 is 4.92 Å². The lowest BCUT2D eigenvalue weighted by atomic mass is 10.2.